The van der Waals surface area contributed by atoms with Crippen LogP contribution in [-0.2, 0) is 11.3 Å². The van der Waals surface area contributed by atoms with Crippen molar-refractivity contribution in [3.05, 3.63) is 53.6 Å². The van der Waals surface area contributed by atoms with Gasteiger partial charge < -0.3 is 18.9 Å². The van der Waals surface area contributed by atoms with Crippen LogP contribution >= 0.6 is 0 Å². The number of benzene rings is 1. The van der Waals surface area contributed by atoms with Crippen LogP contribution < -0.4 is 5.32 Å². The van der Waals surface area contributed by atoms with Crippen LogP contribution in [0.15, 0.2) is 39.2 Å². The quantitative estimate of drug-likeness (QED) is 0.750. The Morgan fingerprint density at radius 2 is 2.04 bits per heavy atom. The summed E-state index contributed by atoms with van der Waals surface area (Å²) in [6.45, 7) is 0.964. The smallest absolute Gasteiger partial charge is 0.315 e. The maximum absolute atomic E-state index is 13.8. The first-order valence-corrected chi connectivity index (χ1v) is 7.92. The van der Waals surface area contributed by atoms with Gasteiger partial charge in [-0.3, -0.25) is 0 Å². The summed E-state index contributed by atoms with van der Waals surface area (Å²) in [6.07, 6.45) is 1.69. The van der Waals surface area contributed by atoms with E-state index in [1.54, 1.807) is 12.1 Å². The number of aromatic nitrogens is 2. The number of nitrogens with one attached hydrogen (secondary N) is 1. The summed E-state index contributed by atoms with van der Waals surface area (Å²) in [7, 11) is 0. The molecule has 130 valence electrons. The largest absolute Gasteiger partial charge is 0.459 e. The summed E-state index contributed by atoms with van der Waals surface area (Å²) in [5, 5.41) is 10.8. The first kappa shape index (κ1) is 15.8. The van der Waals surface area contributed by atoms with Crippen LogP contribution in [0, 0.1) is 11.6 Å². The third kappa shape index (κ3) is 3.25. The summed E-state index contributed by atoms with van der Waals surface area (Å²) in [5.74, 6) is -0.632. The second-order valence-corrected chi connectivity index (χ2v) is 5.67. The maximum Gasteiger partial charge on any atom is 0.315 e. The van der Waals surface area contributed by atoms with E-state index in [-0.39, 0.29) is 30.0 Å². The predicted octanol–water partition coefficient (Wildman–Crippen LogP) is 4.07. The standard InChI is InChI=1S/C17H15F2N3O3/c18-12-4-1-3-11(15(12)19)13-7-6-10(24-13)9-20-17-22-21-16(25-17)14-5-2-8-23-14/h1,3-4,6-7,14H,2,5,8-9H2,(H,20,22). The van der Waals surface area contributed by atoms with Crippen LogP contribution in [0.3, 0.4) is 0 Å². The van der Waals surface area contributed by atoms with Gasteiger partial charge in [-0.1, -0.05) is 11.2 Å². The molecule has 1 aliphatic rings. The molecule has 0 bridgehead atoms. The van der Waals surface area contributed by atoms with E-state index in [0.29, 0.717) is 18.3 Å². The second-order valence-electron chi connectivity index (χ2n) is 5.67. The maximum atomic E-state index is 13.8. The van der Waals surface area contributed by atoms with Crippen molar-refractivity contribution in [2.24, 2.45) is 0 Å². The molecule has 8 heteroatoms. The SMILES string of the molecule is Fc1cccc(-c2ccc(CNc3nnc(C4CCCO4)o3)o2)c1F. The highest BCUT2D eigenvalue weighted by Gasteiger charge is 2.23. The van der Waals surface area contributed by atoms with Gasteiger partial charge in [0.25, 0.3) is 0 Å². The van der Waals surface area contributed by atoms with Gasteiger partial charge in [0.15, 0.2) is 11.6 Å². The third-order valence-corrected chi connectivity index (χ3v) is 3.94. The minimum absolute atomic E-state index is 0.0738. The Balaban J connectivity index is 1.42. The van der Waals surface area contributed by atoms with Crippen LogP contribution in [0.2, 0.25) is 0 Å². The molecule has 0 radical (unpaired) electrons. The zero-order valence-electron chi connectivity index (χ0n) is 13.2. The average molecular weight is 347 g/mol. The van der Waals surface area contributed by atoms with E-state index >= 15 is 0 Å². The van der Waals surface area contributed by atoms with Gasteiger partial charge in [-0.05, 0) is 37.1 Å². The molecule has 2 aromatic heterocycles. The number of rotatable bonds is 5. The molecule has 3 aromatic rings. The fourth-order valence-electron chi connectivity index (χ4n) is 2.68. The molecule has 6 nitrogen and oxygen atoms in total. The lowest BCUT2D eigenvalue weighted by Gasteiger charge is -2.02. The minimum atomic E-state index is -0.936. The van der Waals surface area contributed by atoms with Crippen LogP contribution in [-0.4, -0.2) is 16.8 Å². The summed E-state index contributed by atoms with van der Waals surface area (Å²) < 4.78 is 43.6. The van der Waals surface area contributed by atoms with Crippen molar-refractivity contribution in [1.82, 2.24) is 10.2 Å². The number of anilines is 1. The lowest BCUT2D eigenvalue weighted by molar-refractivity contribution is 0.0897. The number of halogens is 2. The van der Waals surface area contributed by atoms with Crippen molar-refractivity contribution in [3.8, 4) is 11.3 Å². The van der Waals surface area contributed by atoms with Crippen LogP contribution in [0.4, 0.5) is 14.8 Å². The Labute approximate surface area is 141 Å². The highest BCUT2D eigenvalue weighted by atomic mass is 19.2. The molecule has 1 saturated heterocycles. The zero-order chi connectivity index (χ0) is 17.2. The van der Waals surface area contributed by atoms with Crippen molar-refractivity contribution in [2.75, 3.05) is 11.9 Å². The molecule has 1 atom stereocenters. The third-order valence-electron chi connectivity index (χ3n) is 3.94. The van der Waals surface area contributed by atoms with E-state index in [2.05, 4.69) is 15.5 Å². The highest BCUT2D eigenvalue weighted by Crippen LogP contribution is 2.29. The lowest BCUT2D eigenvalue weighted by Crippen LogP contribution is -1.98. The van der Waals surface area contributed by atoms with Gasteiger partial charge in [0.1, 0.15) is 17.6 Å². The Bertz CT molecular complexity index is 872. The predicted molar refractivity (Wildman–Crippen MR) is 83.6 cm³/mol. The fourth-order valence-corrected chi connectivity index (χ4v) is 2.68. The number of furan rings is 1. The molecule has 1 fully saturated rings. The first-order valence-electron chi connectivity index (χ1n) is 7.92. The van der Waals surface area contributed by atoms with Crippen molar-refractivity contribution < 1.29 is 22.4 Å². The molecule has 0 aliphatic carbocycles. The molecule has 1 aromatic carbocycles. The molecule has 1 N–H and O–H groups in total. The van der Waals surface area contributed by atoms with E-state index < -0.39 is 11.6 Å². The number of hydrogen-bond donors (Lipinski definition) is 1. The van der Waals surface area contributed by atoms with E-state index in [1.165, 1.54) is 12.1 Å². The Morgan fingerprint density at radius 3 is 2.88 bits per heavy atom. The van der Waals surface area contributed by atoms with Crippen molar-refractivity contribution in [2.45, 2.75) is 25.5 Å². The molecule has 0 saturated carbocycles. The van der Waals surface area contributed by atoms with Gasteiger partial charge in [-0.2, -0.15) is 0 Å². The normalized spacial score (nSPS) is 17.1. The monoisotopic (exact) mass is 347 g/mol. The molecule has 3 heterocycles. The van der Waals surface area contributed by atoms with Crippen molar-refractivity contribution in [1.29, 1.82) is 0 Å². The molecular formula is C17H15F2N3O3. The fraction of sp³-hybridized carbons (Fsp3) is 0.294. The molecular weight excluding hydrogens is 332 g/mol. The summed E-state index contributed by atoms with van der Waals surface area (Å²) in [6, 6.07) is 7.45. The summed E-state index contributed by atoms with van der Waals surface area (Å²) >= 11 is 0. The Morgan fingerprint density at radius 1 is 1.12 bits per heavy atom. The van der Waals surface area contributed by atoms with Gasteiger partial charge in [-0.25, -0.2) is 8.78 Å². The van der Waals surface area contributed by atoms with E-state index in [4.69, 9.17) is 13.6 Å². The first-order chi connectivity index (χ1) is 12.2. The number of nitrogens with zero attached hydrogens (tertiary/aromatic N) is 2. The van der Waals surface area contributed by atoms with Crippen LogP contribution in [0.1, 0.15) is 30.6 Å². The molecule has 0 spiro atoms. The Kier molecular flexibility index (Phi) is 4.19. The lowest BCUT2D eigenvalue weighted by atomic mass is 10.1. The van der Waals surface area contributed by atoms with Crippen LogP contribution in [0.5, 0.6) is 0 Å². The molecule has 25 heavy (non-hydrogen) atoms. The van der Waals surface area contributed by atoms with Crippen molar-refractivity contribution in [3.63, 3.8) is 0 Å². The molecule has 4 rings (SSSR count). The van der Waals surface area contributed by atoms with E-state index in [9.17, 15) is 8.78 Å². The molecule has 1 aliphatic heterocycles. The van der Waals surface area contributed by atoms with Gasteiger partial charge in [0, 0.05) is 6.61 Å². The zero-order valence-corrected chi connectivity index (χ0v) is 13.2. The topological polar surface area (TPSA) is 73.3 Å². The summed E-state index contributed by atoms with van der Waals surface area (Å²) in [4.78, 5) is 0. The van der Waals surface area contributed by atoms with Gasteiger partial charge >= 0.3 is 6.01 Å². The number of hydrogen-bond acceptors (Lipinski definition) is 6. The van der Waals surface area contributed by atoms with Gasteiger partial charge in [0.05, 0.1) is 12.1 Å². The van der Waals surface area contributed by atoms with Crippen molar-refractivity contribution >= 4 is 6.01 Å². The van der Waals surface area contributed by atoms with Gasteiger partial charge in [0.2, 0.25) is 5.89 Å². The number of ether oxygens (including phenoxy) is 1. The van der Waals surface area contributed by atoms with Crippen LogP contribution in [0.25, 0.3) is 11.3 Å². The second kappa shape index (κ2) is 6.64. The van der Waals surface area contributed by atoms with Gasteiger partial charge in [-0.15, -0.1) is 5.10 Å². The minimum Gasteiger partial charge on any atom is -0.459 e. The highest BCUT2D eigenvalue weighted by molar-refractivity contribution is 5.58. The Hall–Kier alpha value is -2.74. The van der Waals surface area contributed by atoms with E-state index in [1.807, 2.05) is 0 Å². The molecule has 0 amide bonds. The molecule has 1 unspecified atom stereocenters. The van der Waals surface area contributed by atoms with E-state index in [0.717, 1.165) is 18.9 Å². The summed E-state index contributed by atoms with van der Waals surface area (Å²) in [5.41, 5.74) is 0.0738. The average Bonchev–Trinajstić information content (AvgIpc) is 3.36.